The second-order valence-electron chi connectivity index (χ2n) is 8.03. The van der Waals surface area contributed by atoms with Gasteiger partial charge < -0.3 is 20.3 Å². The molecule has 3 aromatic rings. The predicted molar refractivity (Wildman–Crippen MR) is 134 cm³/mol. The predicted octanol–water partition coefficient (Wildman–Crippen LogP) is 4.50. The first-order chi connectivity index (χ1) is 17.0. The van der Waals surface area contributed by atoms with E-state index in [-0.39, 0.29) is 17.8 Å². The van der Waals surface area contributed by atoms with Gasteiger partial charge in [-0.3, -0.25) is 4.79 Å². The molecule has 3 aromatic carbocycles. The largest absolute Gasteiger partial charge is 0.380 e. The van der Waals surface area contributed by atoms with Crippen molar-refractivity contribution in [3.63, 3.8) is 0 Å². The van der Waals surface area contributed by atoms with Crippen molar-refractivity contribution in [2.24, 2.45) is 4.99 Å². The van der Waals surface area contributed by atoms with Crippen LogP contribution in [-0.2, 0) is 9.53 Å². The van der Waals surface area contributed by atoms with E-state index in [2.05, 4.69) is 15.6 Å². The van der Waals surface area contributed by atoms with Crippen molar-refractivity contribution in [1.29, 1.82) is 0 Å². The number of fused-ring (bicyclic) bond motifs is 1. The molecule has 0 aliphatic carbocycles. The normalized spacial score (nSPS) is 15.2. The summed E-state index contributed by atoms with van der Waals surface area (Å²) >= 11 is 0. The Balaban J connectivity index is 1.74. The van der Waals surface area contributed by atoms with Crippen LogP contribution in [0, 0.1) is 12.7 Å². The zero-order valence-electron chi connectivity index (χ0n) is 19.6. The third kappa shape index (κ3) is 5.55. The number of hydrogen-bond acceptors (Lipinski definition) is 4. The highest BCUT2D eigenvalue weighted by molar-refractivity contribution is 6.20. The van der Waals surface area contributed by atoms with Crippen LogP contribution in [0.3, 0.4) is 0 Å². The lowest BCUT2D eigenvalue weighted by Crippen LogP contribution is -2.49. The van der Waals surface area contributed by atoms with E-state index in [4.69, 9.17) is 4.74 Å². The van der Waals surface area contributed by atoms with Crippen LogP contribution in [0.25, 0.3) is 0 Å². The summed E-state index contributed by atoms with van der Waals surface area (Å²) in [5.41, 5.74) is 3.25. The van der Waals surface area contributed by atoms with Crippen molar-refractivity contribution in [2.75, 3.05) is 30.0 Å². The van der Waals surface area contributed by atoms with Gasteiger partial charge in [0.15, 0.2) is 0 Å². The molecule has 1 aliphatic rings. The molecule has 1 unspecified atom stereocenters. The fourth-order valence-corrected chi connectivity index (χ4v) is 3.94. The fraction of sp³-hybridized carbons (Fsp3) is 0.222. The molecule has 180 valence electrons. The standard InChI is InChI=1S/C27H27FN4O3/c1-3-35-16-15-32-23-14-7-5-12-21(23)24(20-11-4-6-13-22(20)28)30-25(26(32)33)31-27(34)29-19-10-8-9-18(2)17-19/h4-14,17,25H,3,15-16H2,1-2H3,(H2,29,31,34). The van der Waals surface area contributed by atoms with Crippen molar-refractivity contribution in [2.45, 2.75) is 20.0 Å². The molecule has 0 saturated carbocycles. The first-order valence-corrected chi connectivity index (χ1v) is 11.4. The summed E-state index contributed by atoms with van der Waals surface area (Å²) in [5, 5.41) is 5.40. The number of para-hydroxylation sites is 1. The van der Waals surface area contributed by atoms with E-state index in [9.17, 15) is 14.0 Å². The SMILES string of the molecule is CCOCCN1C(=O)C(NC(=O)Nc2cccc(C)c2)N=C(c2ccccc2F)c2ccccc21. The van der Waals surface area contributed by atoms with Gasteiger partial charge in [-0.25, -0.2) is 14.2 Å². The summed E-state index contributed by atoms with van der Waals surface area (Å²) in [7, 11) is 0. The van der Waals surface area contributed by atoms with Gasteiger partial charge in [-0.1, -0.05) is 42.5 Å². The number of aryl methyl sites for hydroxylation is 1. The minimum atomic E-state index is -1.27. The summed E-state index contributed by atoms with van der Waals surface area (Å²) in [4.78, 5) is 32.6. The van der Waals surface area contributed by atoms with E-state index in [1.807, 2.05) is 32.0 Å². The molecular weight excluding hydrogens is 447 g/mol. The van der Waals surface area contributed by atoms with E-state index in [1.165, 1.54) is 11.0 Å². The number of nitrogens with zero attached hydrogens (tertiary/aromatic N) is 2. The molecule has 3 amide bonds. The third-order valence-corrected chi connectivity index (χ3v) is 5.54. The number of benzodiazepines with no additional fused rings is 1. The Morgan fingerprint density at radius 2 is 1.80 bits per heavy atom. The Morgan fingerprint density at radius 1 is 1.06 bits per heavy atom. The first kappa shape index (κ1) is 24.1. The van der Waals surface area contributed by atoms with Crippen LogP contribution < -0.4 is 15.5 Å². The summed E-state index contributed by atoms with van der Waals surface area (Å²) < 4.78 is 20.3. The van der Waals surface area contributed by atoms with E-state index < -0.39 is 23.9 Å². The maximum atomic E-state index is 14.9. The van der Waals surface area contributed by atoms with E-state index >= 15 is 0 Å². The van der Waals surface area contributed by atoms with Gasteiger partial charge in [0.1, 0.15) is 5.82 Å². The van der Waals surface area contributed by atoms with Crippen molar-refractivity contribution in [3.05, 3.63) is 95.3 Å². The number of amides is 3. The molecule has 0 spiro atoms. The summed E-state index contributed by atoms with van der Waals surface area (Å²) in [6.07, 6.45) is -1.27. The Labute approximate surface area is 203 Å². The molecular formula is C27H27FN4O3. The molecule has 1 atom stereocenters. The highest BCUT2D eigenvalue weighted by atomic mass is 19.1. The molecule has 1 heterocycles. The Hall–Kier alpha value is -4.04. The Bertz CT molecular complexity index is 1260. The van der Waals surface area contributed by atoms with Crippen molar-refractivity contribution >= 4 is 29.0 Å². The number of rotatable bonds is 7. The molecule has 0 aromatic heterocycles. The second-order valence-corrected chi connectivity index (χ2v) is 8.03. The zero-order valence-corrected chi connectivity index (χ0v) is 19.6. The maximum absolute atomic E-state index is 14.9. The molecule has 4 rings (SSSR count). The number of halogens is 1. The maximum Gasteiger partial charge on any atom is 0.321 e. The molecule has 35 heavy (non-hydrogen) atoms. The first-order valence-electron chi connectivity index (χ1n) is 11.4. The molecule has 8 heteroatoms. The van der Waals surface area contributed by atoms with Crippen LogP contribution in [-0.4, -0.2) is 43.6 Å². The number of benzene rings is 3. The lowest BCUT2D eigenvalue weighted by atomic mass is 10.00. The van der Waals surface area contributed by atoms with Crippen LogP contribution in [0.15, 0.2) is 77.8 Å². The van der Waals surface area contributed by atoms with E-state index in [1.54, 1.807) is 48.5 Å². The molecule has 1 aliphatic heterocycles. The highest BCUT2D eigenvalue weighted by Crippen LogP contribution is 2.29. The van der Waals surface area contributed by atoms with Gasteiger partial charge in [0.05, 0.1) is 18.0 Å². The van der Waals surface area contributed by atoms with Gasteiger partial charge >= 0.3 is 6.03 Å². The molecule has 0 radical (unpaired) electrons. The van der Waals surface area contributed by atoms with Crippen LogP contribution >= 0.6 is 0 Å². The van der Waals surface area contributed by atoms with Gasteiger partial charge in [0, 0.05) is 30.0 Å². The minimum absolute atomic E-state index is 0.241. The topological polar surface area (TPSA) is 83.0 Å². The number of hydrogen-bond donors (Lipinski definition) is 2. The quantitative estimate of drug-likeness (QED) is 0.495. The van der Waals surface area contributed by atoms with Gasteiger partial charge in [-0.05, 0) is 49.7 Å². The van der Waals surface area contributed by atoms with Crippen LogP contribution in [0.2, 0.25) is 0 Å². The summed E-state index contributed by atoms with van der Waals surface area (Å²) in [6.45, 7) is 4.84. The summed E-state index contributed by atoms with van der Waals surface area (Å²) in [5.74, 6) is -0.915. The van der Waals surface area contributed by atoms with Crippen LogP contribution in [0.4, 0.5) is 20.6 Å². The fourth-order valence-electron chi connectivity index (χ4n) is 3.94. The van der Waals surface area contributed by atoms with Crippen LogP contribution in [0.1, 0.15) is 23.6 Å². The molecule has 2 N–H and O–H groups in total. The van der Waals surface area contributed by atoms with Crippen molar-refractivity contribution < 1.29 is 18.7 Å². The number of nitrogens with one attached hydrogen (secondary N) is 2. The molecule has 0 fully saturated rings. The molecule has 7 nitrogen and oxygen atoms in total. The lowest BCUT2D eigenvalue weighted by molar-refractivity contribution is -0.120. The number of aliphatic imine (C=N–C) groups is 1. The number of carbonyl (C=O) groups is 2. The van der Waals surface area contributed by atoms with E-state index in [0.717, 1.165) is 5.56 Å². The van der Waals surface area contributed by atoms with Gasteiger partial charge in [0.25, 0.3) is 5.91 Å². The van der Waals surface area contributed by atoms with Gasteiger partial charge in [-0.15, -0.1) is 0 Å². The monoisotopic (exact) mass is 474 g/mol. The number of ether oxygens (including phenoxy) is 1. The second kappa shape index (κ2) is 10.9. The molecule has 0 bridgehead atoms. The van der Waals surface area contributed by atoms with E-state index in [0.29, 0.717) is 30.2 Å². The Morgan fingerprint density at radius 3 is 2.54 bits per heavy atom. The highest BCUT2D eigenvalue weighted by Gasteiger charge is 2.33. The average Bonchev–Trinajstić information content (AvgIpc) is 2.95. The van der Waals surface area contributed by atoms with Crippen LogP contribution in [0.5, 0.6) is 0 Å². The zero-order chi connectivity index (χ0) is 24.8. The lowest BCUT2D eigenvalue weighted by Gasteiger charge is -2.25. The minimum Gasteiger partial charge on any atom is -0.380 e. The third-order valence-electron chi connectivity index (χ3n) is 5.54. The summed E-state index contributed by atoms with van der Waals surface area (Å²) in [6, 6.07) is 20.1. The average molecular weight is 475 g/mol. The van der Waals surface area contributed by atoms with Gasteiger partial charge in [0.2, 0.25) is 6.17 Å². The number of carbonyl (C=O) groups excluding carboxylic acids is 2. The number of urea groups is 1. The smallest absolute Gasteiger partial charge is 0.321 e. The number of anilines is 2. The molecule has 0 saturated heterocycles. The Kier molecular flexibility index (Phi) is 7.52. The van der Waals surface area contributed by atoms with Crippen molar-refractivity contribution in [3.8, 4) is 0 Å². The van der Waals surface area contributed by atoms with Gasteiger partial charge in [-0.2, -0.15) is 0 Å². The van der Waals surface area contributed by atoms with Crippen molar-refractivity contribution in [1.82, 2.24) is 5.32 Å².